The SMILES string of the molecule is COCOc1cc2c(c3ccccc13)C(CON1C(C)(C)CCCC1(C)C)CN2C(=O)OC(C)(C)C. The zero-order valence-corrected chi connectivity index (χ0v) is 23.1. The van der Waals surface area contributed by atoms with Crippen molar-refractivity contribution >= 4 is 22.6 Å². The summed E-state index contributed by atoms with van der Waals surface area (Å²) in [4.78, 5) is 21.7. The minimum Gasteiger partial charge on any atom is -0.467 e. The number of carbonyl (C=O) groups excluding carboxylic acids is 1. The van der Waals surface area contributed by atoms with E-state index in [4.69, 9.17) is 19.0 Å². The number of methoxy groups -OCH3 is 1. The molecule has 36 heavy (non-hydrogen) atoms. The van der Waals surface area contributed by atoms with E-state index in [0.29, 0.717) is 18.9 Å². The summed E-state index contributed by atoms with van der Waals surface area (Å²) in [7, 11) is 1.60. The van der Waals surface area contributed by atoms with Crippen molar-refractivity contribution in [2.45, 2.75) is 90.3 Å². The largest absolute Gasteiger partial charge is 0.467 e. The van der Waals surface area contributed by atoms with Gasteiger partial charge in [0.25, 0.3) is 0 Å². The van der Waals surface area contributed by atoms with E-state index in [1.165, 1.54) is 6.42 Å². The van der Waals surface area contributed by atoms with Gasteiger partial charge in [0.1, 0.15) is 11.4 Å². The van der Waals surface area contributed by atoms with Gasteiger partial charge in [-0.15, -0.1) is 0 Å². The number of hydroxylamine groups is 2. The summed E-state index contributed by atoms with van der Waals surface area (Å²) < 4.78 is 16.9. The minimum atomic E-state index is -0.597. The fourth-order valence-electron chi connectivity index (χ4n) is 5.77. The molecule has 1 atom stereocenters. The van der Waals surface area contributed by atoms with Crippen molar-refractivity contribution in [2.24, 2.45) is 0 Å². The number of benzene rings is 2. The van der Waals surface area contributed by atoms with Crippen LogP contribution in [0.15, 0.2) is 30.3 Å². The van der Waals surface area contributed by atoms with Crippen LogP contribution in [0.5, 0.6) is 5.75 Å². The van der Waals surface area contributed by atoms with Gasteiger partial charge in [-0.25, -0.2) is 4.79 Å². The van der Waals surface area contributed by atoms with Gasteiger partial charge in [0.2, 0.25) is 0 Å². The summed E-state index contributed by atoms with van der Waals surface area (Å²) in [5.41, 5.74) is 1.18. The number of carbonyl (C=O) groups is 1. The van der Waals surface area contributed by atoms with Crippen molar-refractivity contribution in [3.05, 3.63) is 35.9 Å². The molecule has 2 aliphatic heterocycles. The Hall–Kier alpha value is -2.35. The third kappa shape index (κ3) is 5.34. The van der Waals surface area contributed by atoms with Crippen molar-refractivity contribution in [3.8, 4) is 5.75 Å². The van der Waals surface area contributed by atoms with Crippen molar-refractivity contribution in [3.63, 3.8) is 0 Å². The van der Waals surface area contributed by atoms with E-state index < -0.39 is 5.60 Å². The van der Waals surface area contributed by atoms with Crippen LogP contribution < -0.4 is 9.64 Å². The standard InChI is InChI=1S/C29H42N2O5/c1-27(2,3)36-26(32)30-17-20(18-35-31-28(4,5)14-11-15-29(31,6)7)25-22-13-10-9-12-21(22)24(16-23(25)30)34-19-33-8/h9-10,12-13,16,20H,11,14-15,17-19H2,1-8H3. The van der Waals surface area contributed by atoms with Crippen LogP contribution in [0.2, 0.25) is 0 Å². The van der Waals surface area contributed by atoms with Crippen LogP contribution >= 0.6 is 0 Å². The summed E-state index contributed by atoms with van der Waals surface area (Å²) in [6, 6.07) is 10.1. The van der Waals surface area contributed by atoms with Crippen LogP contribution in [0, 0.1) is 0 Å². The first-order chi connectivity index (χ1) is 16.8. The number of fused-ring (bicyclic) bond motifs is 3. The van der Waals surface area contributed by atoms with Crippen molar-refractivity contribution in [1.82, 2.24) is 5.06 Å². The second kappa shape index (κ2) is 9.84. The number of anilines is 1. The number of ether oxygens (including phenoxy) is 3. The van der Waals surface area contributed by atoms with Gasteiger partial charge in [0.05, 0.1) is 12.3 Å². The molecular formula is C29H42N2O5. The molecule has 4 rings (SSSR count). The van der Waals surface area contributed by atoms with Gasteiger partial charge >= 0.3 is 6.09 Å². The van der Waals surface area contributed by atoms with Gasteiger partial charge < -0.3 is 14.2 Å². The molecule has 1 unspecified atom stereocenters. The molecule has 2 aromatic rings. The molecule has 0 bridgehead atoms. The lowest BCUT2D eigenvalue weighted by molar-refractivity contribution is -0.282. The van der Waals surface area contributed by atoms with Crippen LogP contribution in [-0.2, 0) is 14.3 Å². The second-order valence-electron chi connectivity index (χ2n) is 12.3. The Balaban J connectivity index is 1.74. The average Bonchev–Trinajstić information content (AvgIpc) is 3.14. The highest BCUT2D eigenvalue weighted by molar-refractivity contribution is 6.02. The molecule has 0 aromatic heterocycles. The summed E-state index contributed by atoms with van der Waals surface area (Å²) in [6.45, 7) is 15.7. The lowest BCUT2D eigenvalue weighted by Gasteiger charge is -2.51. The molecule has 0 N–H and O–H groups in total. The molecule has 198 valence electrons. The van der Waals surface area contributed by atoms with E-state index >= 15 is 0 Å². The Labute approximate surface area is 215 Å². The molecule has 1 amide bonds. The van der Waals surface area contributed by atoms with E-state index in [2.05, 4.69) is 38.8 Å². The number of rotatable bonds is 6. The lowest BCUT2D eigenvalue weighted by Crippen LogP contribution is -2.58. The molecule has 7 heteroatoms. The molecule has 2 aromatic carbocycles. The summed E-state index contributed by atoms with van der Waals surface area (Å²) in [5, 5.41) is 4.23. The first-order valence-corrected chi connectivity index (χ1v) is 13.0. The second-order valence-corrected chi connectivity index (χ2v) is 12.3. The maximum atomic E-state index is 13.3. The zero-order valence-electron chi connectivity index (χ0n) is 23.1. The topological polar surface area (TPSA) is 60.5 Å². The van der Waals surface area contributed by atoms with Gasteiger partial charge in [-0.3, -0.25) is 9.74 Å². The quantitative estimate of drug-likeness (QED) is 0.416. The number of hydrogen-bond acceptors (Lipinski definition) is 6. The maximum absolute atomic E-state index is 13.3. The molecule has 1 saturated heterocycles. The Kier molecular flexibility index (Phi) is 7.30. The van der Waals surface area contributed by atoms with Crippen molar-refractivity contribution in [2.75, 3.05) is 32.0 Å². The predicted octanol–water partition coefficient (Wildman–Crippen LogP) is 6.64. The Morgan fingerprint density at radius 1 is 1.06 bits per heavy atom. The van der Waals surface area contributed by atoms with Crippen LogP contribution in [0.3, 0.4) is 0 Å². The van der Waals surface area contributed by atoms with Gasteiger partial charge in [0, 0.05) is 42.1 Å². The maximum Gasteiger partial charge on any atom is 0.414 e. The lowest BCUT2D eigenvalue weighted by atomic mass is 9.82. The monoisotopic (exact) mass is 498 g/mol. The highest BCUT2D eigenvalue weighted by Crippen LogP contribution is 2.46. The molecule has 1 fully saturated rings. The van der Waals surface area contributed by atoms with Crippen LogP contribution in [-0.4, -0.2) is 54.9 Å². The predicted molar refractivity (Wildman–Crippen MR) is 143 cm³/mol. The first-order valence-electron chi connectivity index (χ1n) is 13.0. The molecule has 0 spiro atoms. The zero-order chi connectivity index (χ0) is 26.3. The van der Waals surface area contributed by atoms with E-state index in [1.807, 2.05) is 45.0 Å². The number of amides is 1. The minimum absolute atomic E-state index is 0.0116. The molecule has 0 radical (unpaired) electrons. The molecule has 0 aliphatic carbocycles. The van der Waals surface area contributed by atoms with Gasteiger partial charge in [-0.1, -0.05) is 24.3 Å². The molecular weight excluding hydrogens is 456 g/mol. The first kappa shape index (κ1) is 26.7. The van der Waals surface area contributed by atoms with Gasteiger partial charge in [-0.05, 0) is 78.7 Å². The normalized spacial score (nSPS) is 21.4. The fraction of sp³-hybridized carbons (Fsp3) is 0.621. The summed E-state index contributed by atoms with van der Waals surface area (Å²) in [5.74, 6) is 0.669. The summed E-state index contributed by atoms with van der Waals surface area (Å²) in [6.07, 6.45) is 3.00. The van der Waals surface area contributed by atoms with Crippen molar-refractivity contribution in [1.29, 1.82) is 0 Å². The van der Waals surface area contributed by atoms with Crippen LogP contribution in [0.25, 0.3) is 10.8 Å². The van der Waals surface area contributed by atoms with E-state index in [0.717, 1.165) is 34.9 Å². The van der Waals surface area contributed by atoms with Gasteiger partial charge in [0.15, 0.2) is 6.79 Å². The number of hydrogen-bond donors (Lipinski definition) is 0. The molecule has 2 aliphatic rings. The molecule has 7 nitrogen and oxygen atoms in total. The molecule has 2 heterocycles. The smallest absolute Gasteiger partial charge is 0.414 e. The van der Waals surface area contributed by atoms with Gasteiger partial charge in [-0.2, -0.15) is 5.06 Å². The van der Waals surface area contributed by atoms with Crippen LogP contribution in [0.1, 0.15) is 79.2 Å². The van der Waals surface area contributed by atoms with Crippen LogP contribution in [0.4, 0.5) is 10.5 Å². The highest BCUT2D eigenvalue weighted by Gasteiger charge is 2.44. The fourth-order valence-corrected chi connectivity index (χ4v) is 5.77. The highest BCUT2D eigenvalue weighted by atomic mass is 16.7. The Morgan fingerprint density at radius 3 is 2.31 bits per heavy atom. The average molecular weight is 499 g/mol. The molecule has 0 saturated carbocycles. The van der Waals surface area contributed by atoms with E-state index in [9.17, 15) is 4.79 Å². The summed E-state index contributed by atoms with van der Waals surface area (Å²) >= 11 is 0. The van der Waals surface area contributed by atoms with Crippen molar-refractivity contribution < 1.29 is 23.8 Å². The number of nitrogens with zero attached hydrogens (tertiary/aromatic N) is 2. The third-order valence-electron chi connectivity index (χ3n) is 7.16. The Bertz CT molecular complexity index is 1090. The number of piperidine rings is 1. The third-order valence-corrected chi connectivity index (χ3v) is 7.16. The Morgan fingerprint density at radius 2 is 1.69 bits per heavy atom. The van der Waals surface area contributed by atoms with E-state index in [-0.39, 0.29) is 29.9 Å². The van der Waals surface area contributed by atoms with E-state index in [1.54, 1.807) is 12.0 Å².